The fourth-order valence-corrected chi connectivity index (χ4v) is 2.13. The summed E-state index contributed by atoms with van der Waals surface area (Å²) in [5, 5.41) is 12.4. The van der Waals surface area contributed by atoms with Crippen LogP contribution in [0.3, 0.4) is 0 Å². The van der Waals surface area contributed by atoms with Crippen LogP contribution in [0, 0.1) is 3.57 Å². The molecule has 18 heavy (non-hydrogen) atoms. The molecule has 0 saturated carbocycles. The Morgan fingerprint density at radius 2 is 2.22 bits per heavy atom. The summed E-state index contributed by atoms with van der Waals surface area (Å²) in [5.41, 5.74) is 1.31. The number of carbonyl (C=O) groups excluding carboxylic acids is 1. The van der Waals surface area contributed by atoms with Gasteiger partial charge in [0, 0.05) is 22.5 Å². The zero-order chi connectivity index (χ0) is 13.1. The van der Waals surface area contributed by atoms with Gasteiger partial charge in [-0.3, -0.25) is 4.79 Å². The molecule has 2 rings (SSSR count). The Bertz CT molecular complexity index is 578. The lowest BCUT2D eigenvalue weighted by atomic mass is 10.2. The number of nitrogens with one attached hydrogen (secondary N) is 1. The highest BCUT2D eigenvalue weighted by molar-refractivity contribution is 14.1. The molecular weight excluding hydrogens is 343 g/mol. The Balaban J connectivity index is 2.08. The van der Waals surface area contributed by atoms with E-state index in [1.54, 1.807) is 12.1 Å². The van der Waals surface area contributed by atoms with Gasteiger partial charge < -0.3 is 15.0 Å². The molecule has 1 amide bonds. The first kappa shape index (κ1) is 12.9. The largest absolute Gasteiger partial charge is 0.507 e. The molecule has 5 heteroatoms. The van der Waals surface area contributed by atoms with Crippen molar-refractivity contribution in [2.24, 2.45) is 7.05 Å². The molecule has 0 aliphatic rings. The number of amides is 1. The topological polar surface area (TPSA) is 54.3 Å². The number of aromatic hydroxyl groups is 1. The van der Waals surface area contributed by atoms with Gasteiger partial charge in [-0.2, -0.15) is 0 Å². The van der Waals surface area contributed by atoms with Crippen LogP contribution in [0.4, 0.5) is 0 Å². The van der Waals surface area contributed by atoms with Crippen molar-refractivity contribution in [3.63, 3.8) is 0 Å². The van der Waals surface area contributed by atoms with Gasteiger partial charge in [-0.05, 0) is 52.9 Å². The molecule has 0 fully saturated rings. The number of carbonyl (C=O) groups is 1. The van der Waals surface area contributed by atoms with Crippen LogP contribution in [0.1, 0.15) is 16.1 Å². The Labute approximate surface area is 119 Å². The third-order valence-electron chi connectivity index (χ3n) is 2.68. The molecule has 94 valence electrons. The summed E-state index contributed by atoms with van der Waals surface area (Å²) < 4.78 is 2.85. The first-order valence-corrected chi connectivity index (χ1v) is 6.52. The van der Waals surface area contributed by atoms with Crippen molar-refractivity contribution in [2.45, 2.75) is 6.54 Å². The van der Waals surface area contributed by atoms with Crippen molar-refractivity contribution in [3.05, 3.63) is 51.4 Å². The fourth-order valence-electron chi connectivity index (χ4n) is 1.64. The Hall–Kier alpha value is -1.50. The molecule has 0 saturated heterocycles. The summed E-state index contributed by atoms with van der Waals surface area (Å²) in [6, 6.07) is 8.80. The van der Waals surface area contributed by atoms with Crippen LogP contribution in [-0.4, -0.2) is 15.6 Å². The van der Waals surface area contributed by atoms with Crippen molar-refractivity contribution < 1.29 is 9.90 Å². The molecule has 0 spiro atoms. The van der Waals surface area contributed by atoms with Crippen molar-refractivity contribution in [2.75, 3.05) is 0 Å². The maximum atomic E-state index is 11.9. The molecule has 0 aliphatic heterocycles. The van der Waals surface area contributed by atoms with Crippen LogP contribution in [0.5, 0.6) is 5.75 Å². The van der Waals surface area contributed by atoms with Crippen LogP contribution >= 0.6 is 22.6 Å². The normalized spacial score (nSPS) is 10.3. The minimum Gasteiger partial charge on any atom is -0.507 e. The lowest BCUT2D eigenvalue weighted by Gasteiger charge is -2.08. The highest BCUT2D eigenvalue weighted by Gasteiger charge is 2.11. The number of halogens is 1. The third kappa shape index (κ3) is 2.84. The Morgan fingerprint density at radius 1 is 1.44 bits per heavy atom. The molecule has 1 aromatic carbocycles. The van der Waals surface area contributed by atoms with E-state index in [2.05, 4.69) is 27.9 Å². The Kier molecular flexibility index (Phi) is 3.90. The van der Waals surface area contributed by atoms with E-state index < -0.39 is 0 Å². The monoisotopic (exact) mass is 356 g/mol. The lowest BCUT2D eigenvalue weighted by molar-refractivity contribution is 0.0947. The number of rotatable bonds is 3. The lowest BCUT2D eigenvalue weighted by Crippen LogP contribution is -2.24. The molecule has 2 aromatic rings. The molecule has 0 unspecified atom stereocenters. The van der Waals surface area contributed by atoms with Gasteiger partial charge >= 0.3 is 0 Å². The third-order valence-corrected chi connectivity index (χ3v) is 3.36. The van der Waals surface area contributed by atoms with E-state index in [0.717, 1.165) is 9.26 Å². The van der Waals surface area contributed by atoms with Crippen molar-refractivity contribution in [3.8, 4) is 5.75 Å². The number of phenols is 1. The summed E-state index contributed by atoms with van der Waals surface area (Å²) in [5.74, 6) is -0.271. The minimum atomic E-state index is -0.271. The first-order valence-electron chi connectivity index (χ1n) is 5.45. The highest BCUT2D eigenvalue weighted by Crippen LogP contribution is 2.19. The van der Waals surface area contributed by atoms with Crippen LogP contribution in [-0.2, 0) is 13.6 Å². The van der Waals surface area contributed by atoms with Gasteiger partial charge in [-0.25, -0.2) is 0 Å². The molecular formula is C13H13IN2O2. The summed E-state index contributed by atoms with van der Waals surface area (Å²) in [4.78, 5) is 11.9. The second-order valence-electron chi connectivity index (χ2n) is 3.95. The predicted molar refractivity (Wildman–Crippen MR) is 77.4 cm³/mol. The second kappa shape index (κ2) is 5.43. The molecule has 2 N–H and O–H groups in total. The molecule has 1 heterocycles. The molecule has 4 nitrogen and oxygen atoms in total. The van der Waals surface area contributed by atoms with Gasteiger partial charge in [-0.15, -0.1) is 0 Å². The van der Waals surface area contributed by atoms with E-state index in [0.29, 0.717) is 12.1 Å². The number of phenolic OH excluding ortho intramolecular Hbond substituents is 1. The number of hydrogen-bond acceptors (Lipinski definition) is 2. The van der Waals surface area contributed by atoms with Gasteiger partial charge in [-0.1, -0.05) is 0 Å². The van der Waals surface area contributed by atoms with Crippen LogP contribution < -0.4 is 5.32 Å². The highest BCUT2D eigenvalue weighted by atomic mass is 127. The van der Waals surface area contributed by atoms with Crippen LogP contribution in [0.15, 0.2) is 36.5 Å². The average molecular weight is 356 g/mol. The van der Waals surface area contributed by atoms with Gasteiger partial charge in [0.25, 0.3) is 5.91 Å². The van der Waals surface area contributed by atoms with Gasteiger partial charge in [0.05, 0.1) is 12.1 Å². The molecule has 0 bridgehead atoms. The number of nitrogens with zero attached hydrogens (tertiary/aromatic N) is 1. The zero-order valence-electron chi connectivity index (χ0n) is 9.85. The van der Waals surface area contributed by atoms with E-state index >= 15 is 0 Å². The van der Waals surface area contributed by atoms with Crippen LogP contribution in [0.25, 0.3) is 0 Å². The SMILES string of the molecule is Cn1cccc1CNC(=O)c1cc(I)ccc1O. The second-order valence-corrected chi connectivity index (χ2v) is 5.20. The van der Waals surface area contributed by atoms with Gasteiger partial charge in [0.1, 0.15) is 5.75 Å². The summed E-state index contributed by atoms with van der Waals surface area (Å²) in [6.45, 7) is 0.438. The van der Waals surface area contributed by atoms with Crippen molar-refractivity contribution in [1.82, 2.24) is 9.88 Å². The standard InChI is InChI=1S/C13H13IN2O2/c1-16-6-2-3-10(16)8-15-13(18)11-7-9(14)4-5-12(11)17/h2-7,17H,8H2,1H3,(H,15,18). The number of aromatic nitrogens is 1. The van der Waals surface area contributed by atoms with E-state index in [-0.39, 0.29) is 11.7 Å². The van der Waals surface area contributed by atoms with E-state index in [9.17, 15) is 9.90 Å². The minimum absolute atomic E-state index is 0.000188. The summed E-state index contributed by atoms with van der Waals surface area (Å²) >= 11 is 2.10. The maximum absolute atomic E-state index is 11.9. The number of benzene rings is 1. The van der Waals surface area contributed by atoms with E-state index in [1.165, 1.54) is 6.07 Å². The summed E-state index contributed by atoms with van der Waals surface area (Å²) in [6.07, 6.45) is 1.92. The molecule has 0 aliphatic carbocycles. The number of aryl methyl sites for hydroxylation is 1. The quantitative estimate of drug-likeness (QED) is 0.829. The molecule has 0 radical (unpaired) electrons. The zero-order valence-corrected chi connectivity index (χ0v) is 12.0. The van der Waals surface area contributed by atoms with Gasteiger partial charge in [0.15, 0.2) is 0 Å². The maximum Gasteiger partial charge on any atom is 0.255 e. The van der Waals surface area contributed by atoms with Crippen LogP contribution in [0.2, 0.25) is 0 Å². The molecule has 0 atom stereocenters. The smallest absolute Gasteiger partial charge is 0.255 e. The summed E-state index contributed by atoms with van der Waals surface area (Å²) in [7, 11) is 1.92. The van der Waals surface area contributed by atoms with E-state index in [4.69, 9.17) is 0 Å². The predicted octanol–water partition coefficient (Wildman–Crippen LogP) is 2.27. The van der Waals surface area contributed by atoms with Crippen molar-refractivity contribution >= 4 is 28.5 Å². The van der Waals surface area contributed by atoms with Gasteiger partial charge in [0.2, 0.25) is 0 Å². The first-order chi connectivity index (χ1) is 8.58. The average Bonchev–Trinajstić information content (AvgIpc) is 2.75. The molecule has 1 aromatic heterocycles. The van der Waals surface area contributed by atoms with E-state index in [1.807, 2.05) is 29.9 Å². The number of hydrogen-bond donors (Lipinski definition) is 2. The fraction of sp³-hybridized carbons (Fsp3) is 0.154. The van der Waals surface area contributed by atoms with Crippen molar-refractivity contribution in [1.29, 1.82) is 0 Å². The Morgan fingerprint density at radius 3 is 2.89 bits per heavy atom.